The first kappa shape index (κ1) is 20.7. The molecule has 0 bridgehead atoms. The summed E-state index contributed by atoms with van der Waals surface area (Å²) in [6.07, 6.45) is 1.29. The minimum Gasteiger partial charge on any atom is -0.497 e. The molecule has 0 aromatic heterocycles. The summed E-state index contributed by atoms with van der Waals surface area (Å²) in [5.41, 5.74) is 2.17. The predicted molar refractivity (Wildman–Crippen MR) is 112 cm³/mol. The number of benzene rings is 2. The van der Waals surface area contributed by atoms with Crippen LogP contribution >= 0.6 is 15.9 Å². The fraction of sp³-hybridized carbons (Fsp3) is 0.409. The van der Waals surface area contributed by atoms with Crippen molar-refractivity contribution in [2.75, 3.05) is 26.8 Å². The molecular formula is C22H26BrNO4. The molecule has 1 heterocycles. The first-order valence-electron chi connectivity index (χ1n) is 9.56. The monoisotopic (exact) mass is 447 g/mol. The second-order valence-electron chi connectivity index (χ2n) is 6.94. The molecule has 1 fully saturated rings. The van der Waals surface area contributed by atoms with E-state index < -0.39 is 5.97 Å². The molecule has 6 heteroatoms. The number of methoxy groups -OCH3 is 1. The van der Waals surface area contributed by atoms with E-state index in [0.717, 1.165) is 40.2 Å². The van der Waals surface area contributed by atoms with Gasteiger partial charge < -0.3 is 14.6 Å². The lowest BCUT2D eigenvalue weighted by Crippen LogP contribution is -2.39. The van der Waals surface area contributed by atoms with Gasteiger partial charge in [0, 0.05) is 10.0 Å². The topological polar surface area (TPSA) is 59.0 Å². The maximum Gasteiger partial charge on any atom is 0.306 e. The number of hydrogen-bond acceptors (Lipinski definition) is 4. The highest BCUT2D eigenvalue weighted by molar-refractivity contribution is 9.10. The van der Waals surface area contributed by atoms with Crippen molar-refractivity contribution in [1.29, 1.82) is 0 Å². The zero-order valence-corrected chi connectivity index (χ0v) is 17.8. The summed E-state index contributed by atoms with van der Waals surface area (Å²) in [6, 6.07) is 14.1. The average Bonchev–Trinajstić information content (AvgIpc) is 2.71. The summed E-state index contributed by atoms with van der Waals surface area (Å²) < 4.78 is 12.4. The molecule has 0 aliphatic carbocycles. The minimum absolute atomic E-state index is 0.0381. The molecule has 1 atom stereocenters. The van der Waals surface area contributed by atoms with Crippen LogP contribution in [0.15, 0.2) is 46.9 Å². The molecule has 28 heavy (non-hydrogen) atoms. The van der Waals surface area contributed by atoms with Crippen LogP contribution in [0.5, 0.6) is 11.5 Å². The number of rotatable bonds is 7. The number of halogens is 1. The second-order valence-corrected chi connectivity index (χ2v) is 7.86. The highest BCUT2D eigenvalue weighted by atomic mass is 79.9. The van der Waals surface area contributed by atoms with Gasteiger partial charge in [-0.05, 0) is 68.8 Å². The third-order valence-electron chi connectivity index (χ3n) is 5.22. The van der Waals surface area contributed by atoms with E-state index in [4.69, 9.17) is 9.47 Å². The quantitative estimate of drug-likeness (QED) is 0.663. The van der Waals surface area contributed by atoms with E-state index in [-0.39, 0.29) is 12.0 Å². The largest absolute Gasteiger partial charge is 0.497 e. The van der Waals surface area contributed by atoms with Crippen LogP contribution in [0.25, 0.3) is 0 Å². The van der Waals surface area contributed by atoms with Gasteiger partial charge in [-0.15, -0.1) is 0 Å². The van der Waals surface area contributed by atoms with E-state index in [2.05, 4.69) is 33.0 Å². The Morgan fingerprint density at radius 2 is 2.00 bits per heavy atom. The Bertz CT molecular complexity index is 818. The Labute approximate surface area is 174 Å². The van der Waals surface area contributed by atoms with Crippen molar-refractivity contribution < 1.29 is 19.4 Å². The summed E-state index contributed by atoms with van der Waals surface area (Å²) in [6.45, 7) is 4.00. The molecule has 1 unspecified atom stereocenters. The molecular weight excluding hydrogens is 422 g/mol. The molecule has 3 rings (SSSR count). The van der Waals surface area contributed by atoms with Crippen LogP contribution in [0.3, 0.4) is 0 Å². The molecule has 0 spiro atoms. The number of aliphatic carboxylic acids is 1. The van der Waals surface area contributed by atoms with Crippen LogP contribution in [0.1, 0.15) is 36.9 Å². The number of carbonyl (C=O) groups is 1. The van der Waals surface area contributed by atoms with E-state index in [1.165, 1.54) is 0 Å². The van der Waals surface area contributed by atoms with Gasteiger partial charge in [0.2, 0.25) is 0 Å². The predicted octanol–water partition coefficient (Wildman–Crippen LogP) is 4.74. The van der Waals surface area contributed by atoms with E-state index in [1.807, 2.05) is 37.3 Å². The number of carboxylic acids is 1. The van der Waals surface area contributed by atoms with Gasteiger partial charge in [-0.1, -0.05) is 28.1 Å². The van der Waals surface area contributed by atoms with Crippen molar-refractivity contribution in [2.24, 2.45) is 5.92 Å². The van der Waals surface area contributed by atoms with Gasteiger partial charge in [-0.3, -0.25) is 9.69 Å². The highest BCUT2D eigenvalue weighted by Crippen LogP contribution is 2.39. The van der Waals surface area contributed by atoms with Crippen LogP contribution in [0.4, 0.5) is 0 Å². The zero-order valence-electron chi connectivity index (χ0n) is 16.2. The summed E-state index contributed by atoms with van der Waals surface area (Å²) in [5.74, 6) is 0.681. The summed E-state index contributed by atoms with van der Waals surface area (Å²) in [7, 11) is 1.66. The van der Waals surface area contributed by atoms with Crippen molar-refractivity contribution in [3.05, 3.63) is 58.1 Å². The van der Waals surface area contributed by atoms with Crippen LogP contribution in [-0.4, -0.2) is 42.8 Å². The van der Waals surface area contributed by atoms with Gasteiger partial charge in [-0.2, -0.15) is 0 Å². The van der Waals surface area contributed by atoms with Crippen molar-refractivity contribution in [3.8, 4) is 11.5 Å². The summed E-state index contributed by atoms with van der Waals surface area (Å²) >= 11 is 3.59. The maximum atomic E-state index is 11.4. The fourth-order valence-electron chi connectivity index (χ4n) is 3.82. The van der Waals surface area contributed by atoms with E-state index >= 15 is 0 Å². The lowest BCUT2D eigenvalue weighted by molar-refractivity contribution is -0.143. The normalized spacial score (nSPS) is 16.5. The van der Waals surface area contributed by atoms with Crippen LogP contribution in [0, 0.1) is 5.92 Å². The first-order chi connectivity index (χ1) is 13.5. The van der Waals surface area contributed by atoms with Crippen LogP contribution < -0.4 is 9.47 Å². The molecule has 1 aliphatic rings. The molecule has 0 saturated carbocycles. The molecule has 2 aromatic rings. The Balaban J connectivity index is 2.03. The lowest BCUT2D eigenvalue weighted by Gasteiger charge is -2.37. The third kappa shape index (κ3) is 4.67. The summed E-state index contributed by atoms with van der Waals surface area (Å²) in [4.78, 5) is 13.7. The van der Waals surface area contributed by atoms with E-state index in [1.54, 1.807) is 7.11 Å². The van der Waals surface area contributed by atoms with Crippen molar-refractivity contribution in [3.63, 3.8) is 0 Å². The van der Waals surface area contributed by atoms with Gasteiger partial charge in [0.1, 0.15) is 11.5 Å². The lowest BCUT2D eigenvalue weighted by atomic mass is 9.91. The molecule has 1 N–H and O–H groups in total. The SMILES string of the molecule is CCOc1ccc(Br)cc1C(c1cccc(OC)c1)N1CCC(C(=O)O)CC1. The molecule has 0 radical (unpaired) electrons. The molecule has 1 aliphatic heterocycles. The fourth-order valence-corrected chi connectivity index (χ4v) is 4.20. The average molecular weight is 448 g/mol. The van der Waals surface area contributed by atoms with Gasteiger partial charge in [0.05, 0.1) is 25.7 Å². The number of nitrogens with zero attached hydrogens (tertiary/aromatic N) is 1. The number of ether oxygens (including phenoxy) is 2. The number of likely N-dealkylation sites (tertiary alicyclic amines) is 1. The molecule has 0 amide bonds. The van der Waals surface area contributed by atoms with Crippen molar-refractivity contribution >= 4 is 21.9 Å². The molecule has 2 aromatic carbocycles. The molecule has 1 saturated heterocycles. The van der Waals surface area contributed by atoms with Gasteiger partial charge >= 0.3 is 5.97 Å². The number of piperidine rings is 1. The smallest absolute Gasteiger partial charge is 0.306 e. The third-order valence-corrected chi connectivity index (χ3v) is 5.71. The Morgan fingerprint density at radius 3 is 2.64 bits per heavy atom. The first-order valence-corrected chi connectivity index (χ1v) is 10.4. The van der Waals surface area contributed by atoms with Crippen LogP contribution in [-0.2, 0) is 4.79 Å². The number of carboxylic acid groups (broad SMARTS) is 1. The Hall–Kier alpha value is -2.05. The van der Waals surface area contributed by atoms with Crippen LogP contribution in [0.2, 0.25) is 0 Å². The van der Waals surface area contributed by atoms with Gasteiger partial charge in [-0.25, -0.2) is 0 Å². The number of hydrogen-bond donors (Lipinski definition) is 1. The van der Waals surface area contributed by atoms with Gasteiger partial charge in [0.15, 0.2) is 0 Å². The Kier molecular flexibility index (Phi) is 6.97. The minimum atomic E-state index is -0.699. The summed E-state index contributed by atoms with van der Waals surface area (Å²) in [5, 5.41) is 9.35. The van der Waals surface area contributed by atoms with Gasteiger partial charge in [0.25, 0.3) is 0 Å². The highest BCUT2D eigenvalue weighted by Gasteiger charge is 2.32. The zero-order chi connectivity index (χ0) is 20.1. The van der Waals surface area contributed by atoms with E-state index in [0.29, 0.717) is 19.4 Å². The second kappa shape index (κ2) is 9.43. The van der Waals surface area contributed by atoms with E-state index in [9.17, 15) is 9.90 Å². The van der Waals surface area contributed by atoms with Crippen molar-refractivity contribution in [1.82, 2.24) is 4.90 Å². The standard InChI is InChI=1S/C22H26BrNO4/c1-3-28-20-8-7-17(23)14-19(20)21(16-5-4-6-18(13-16)27-2)24-11-9-15(10-12-24)22(25)26/h4-8,13-15,21H,3,9-12H2,1-2H3,(H,25,26). The molecule has 5 nitrogen and oxygen atoms in total. The van der Waals surface area contributed by atoms with Crippen molar-refractivity contribution in [2.45, 2.75) is 25.8 Å². The maximum absolute atomic E-state index is 11.4. The Morgan fingerprint density at radius 1 is 1.25 bits per heavy atom. The molecule has 150 valence electrons.